The van der Waals surface area contributed by atoms with E-state index in [1.54, 1.807) is 0 Å². The molecule has 0 aliphatic heterocycles. The van der Waals surface area contributed by atoms with Gasteiger partial charge in [0.2, 0.25) is 0 Å². The Morgan fingerprint density at radius 1 is 0.292 bits per heavy atom. The lowest BCUT2D eigenvalue weighted by molar-refractivity contribution is 0.745. The highest BCUT2D eigenvalue weighted by Crippen LogP contribution is 2.47. The van der Waals surface area contributed by atoms with Crippen molar-refractivity contribution in [2.24, 2.45) is 0 Å². The van der Waals surface area contributed by atoms with Gasteiger partial charge in [-0.2, -0.15) is 10.5 Å². The molecule has 10 rings (SSSR count). The van der Waals surface area contributed by atoms with E-state index in [0.717, 1.165) is 78.1 Å². The predicted molar refractivity (Wildman–Crippen MR) is 262 cm³/mol. The Bertz CT molecular complexity index is 3090. The van der Waals surface area contributed by atoms with Gasteiger partial charge in [-0.05, 0) is 45.5 Å². The fourth-order valence-electron chi connectivity index (χ4n) is 9.07. The van der Waals surface area contributed by atoms with Gasteiger partial charge in [0.15, 0.2) is 0 Å². The van der Waals surface area contributed by atoms with E-state index in [2.05, 4.69) is 133 Å². The predicted octanol–water partition coefficient (Wildman–Crippen LogP) is 14.6. The average molecular weight is 829 g/mol. The van der Waals surface area contributed by atoms with Crippen LogP contribution in [0.4, 0.5) is 0 Å². The lowest BCUT2D eigenvalue weighted by Gasteiger charge is -2.37. The average Bonchev–Trinajstić information content (AvgIpc) is 3.40. The molecule has 2 aromatic heterocycles. The normalized spacial score (nSPS) is 11.0. The summed E-state index contributed by atoms with van der Waals surface area (Å²) < 4.78 is 0. The molecule has 0 amide bonds. The summed E-state index contributed by atoms with van der Waals surface area (Å²) in [5.74, 6) is 0. The Morgan fingerprint density at radius 3 is 0.877 bits per heavy atom. The maximum Gasteiger partial charge on any atom is 0.102 e. The van der Waals surface area contributed by atoms with Crippen LogP contribution in [0.1, 0.15) is 33.4 Å². The maximum atomic E-state index is 10.8. The fourth-order valence-corrected chi connectivity index (χ4v) is 9.07. The third-order valence-electron chi connectivity index (χ3n) is 12.2. The molecule has 4 nitrogen and oxygen atoms in total. The first-order valence-electron chi connectivity index (χ1n) is 21.6. The molecule has 2 heterocycles. The van der Waals surface area contributed by atoms with Crippen molar-refractivity contribution in [3.05, 3.63) is 276 Å². The standard InChI is InChI=1S/C61H40N4/c62-41-55-53(43-19-7-1-8-20-43)39-57(45-23-11-3-12-24-45)64-59(55)47-31-35-51(36-32-47)61(49-27-15-5-16-28-49,50-29-17-6-18-30-50)52-37-33-48(34-38-52)60-56(42-63)54(44-21-9-2-10-22-44)40-58(65-60)46-25-13-4-14-26-46/h1-40H. The lowest BCUT2D eigenvalue weighted by Crippen LogP contribution is -2.31. The van der Waals surface area contributed by atoms with Gasteiger partial charge < -0.3 is 0 Å². The number of nitriles is 2. The van der Waals surface area contributed by atoms with Crippen LogP contribution < -0.4 is 0 Å². The number of hydrogen-bond donors (Lipinski definition) is 0. The van der Waals surface area contributed by atoms with Crippen LogP contribution in [0.15, 0.2) is 243 Å². The zero-order valence-corrected chi connectivity index (χ0v) is 35.4. The summed E-state index contributed by atoms with van der Waals surface area (Å²) in [7, 11) is 0. The molecule has 0 radical (unpaired) electrons. The number of pyridine rings is 2. The SMILES string of the molecule is N#Cc1c(-c2ccccc2)cc(-c2ccccc2)nc1-c1ccc(C(c2ccccc2)(c2ccccc2)c2ccc(-c3nc(-c4ccccc4)cc(-c4ccccc4)c3C#N)cc2)cc1. The molecule has 0 atom stereocenters. The Morgan fingerprint density at radius 2 is 0.569 bits per heavy atom. The van der Waals surface area contributed by atoms with Gasteiger partial charge in [-0.25, -0.2) is 9.97 Å². The van der Waals surface area contributed by atoms with Crippen LogP contribution in [0.25, 0.3) is 67.3 Å². The van der Waals surface area contributed by atoms with Crippen molar-refractivity contribution in [1.82, 2.24) is 9.97 Å². The molecular formula is C61H40N4. The van der Waals surface area contributed by atoms with Crippen LogP contribution >= 0.6 is 0 Å². The van der Waals surface area contributed by atoms with Crippen molar-refractivity contribution in [3.8, 4) is 79.4 Å². The van der Waals surface area contributed by atoms with Crippen molar-refractivity contribution in [2.45, 2.75) is 5.41 Å². The van der Waals surface area contributed by atoms with Crippen LogP contribution in [-0.2, 0) is 5.41 Å². The minimum Gasteiger partial charge on any atom is -0.246 e. The first-order valence-corrected chi connectivity index (χ1v) is 21.6. The summed E-state index contributed by atoms with van der Waals surface area (Å²) in [5, 5.41) is 21.6. The van der Waals surface area contributed by atoms with E-state index in [-0.39, 0.29) is 0 Å². The molecular weight excluding hydrogens is 789 g/mol. The van der Waals surface area contributed by atoms with Crippen LogP contribution in [-0.4, -0.2) is 9.97 Å². The number of nitrogens with zero attached hydrogens (tertiary/aromatic N) is 4. The van der Waals surface area contributed by atoms with Crippen molar-refractivity contribution in [2.75, 3.05) is 0 Å². The fraction of sp³-hybridized carbons (Fsp3) is 0.0164. The largest absolute Gasteiger partial charge is 0.246 e. The van der Waals surface area contributed by atoms with E-state index in [9.17, 15) is 10.5 Å². The van der Waals surface area contributed by atoms with Gasteiger partial charge in [-0.3, -0.25) is 0 Å². The number of hydrogen-bond acceptors (Lipinski definition) is 4. The Kier molecular flexibility index (Phi) is 11.0. The molecule has 0 fully saturated rings. The molecule has 0 spiro atoms. The molecule has 4 heteroatoms. The van der Waals surface area contributed by atoms with E-state index in [4.69, 9.17) is 9.97 Å². The molecule has 0 aliphatic carbocycles. The van der Waals surface area contributed by atoms with Gasteiger partial charge >= 0.3 is 0 Å². The molecule has 0 aliphatic rings. The van der Waals surface area contributed by atoms with Crippen LogP contribution in [0.2, 0.25) is 0 Å². The second kappa shape index (κ2) is 17.8. The zero-order valence-electron chi connectivity index (χ0n) is 35.4. The van der Waals surface area contributed by atoms with Crippen LogP contribution in [0, 0.1) is 22.7 Å². The number of benzene rings is 8. The van der Waals surface area contributed by atoms with Gasteiger partial charge in [-0.1, -0.05) is 231 Å². The van der Waals surface area contributed by atoms with Gasteiger partial charge in [0.05, 0.1) is 39.3 Å². The van der Waals surface area contributed by atoms with Crippen molar-refractivity contribution >= 4 is 0 Å². The lowest BCUT2D eigenvalue weighted by atomic mass is 9.65. The molecule has 0 bridgehead atoms. The van der Waals surface area contributed by atoms with Gasteiger partial charge in [0.1, 0.15) is 12.1 Å². The highest BCUT2D eigenvalue weighted by atomic mass is 14.7. The van der Waals surface area contributed by atoms with E-state index in [1.165, 1.54) is 0 Å². The third-order valence-corrected chi connectivity index (χ3v) is 12.2. The minimum atomic E-state index is -0.765. The molecule has 0 saturated carbocycles. The van der Waals surface area contributed by atoms with Gasteiger partial charge in [0.25, 0.3) is 0 Å². The second-order valence-corrected chi connectivity index (χ2v) is 15.9. The van der Waals surface area contributed by atoms with Crippen LogP contribution in [0.5, 0.6) is 0 Å². The molecule has 304 valence electrons. The Hall–Kier alpha value is -8.96. The monoisotopic (exact) mass is 828 g/mol. The summed E-state index contributed by atoms with van der Waals surface area (Å²) in [5.41, 5.74) is 14.6. The van der Waals surface area contributed by atoms with Crippen molar-refractivity contribution in [1.29, 1.82) is 10.5 Å². The van der Waals surface area contributed by atoms with E-state index >= 15 is 0 Å². The van der Waals surface area contributed by atoms with E-state index in [0.29, 0.717) is 22.5 Å². The number of aromatic nitrogens is 2. The topological polar surface area (TPSA) is 73.4 Å². The summed E-state index contributed by atoms with van der Waals surface area (Å²) in [6, 6.07) is 87.7. The Balaban J connectivity index is 1.15. The second-order valence-electron chi connectivity index (χ2n) is 15.9. The Labute approximate surface area is 379 Å². The zero-order chi connectivity index (χ0) is 44.0. The van der Waals surface area contributed by atoms with Gasteiger partial charge in [0, 0.05) is 33.4 Å². The molecule has 0 saturated heterocycles. The highest BCUT2D eigenvalue weighted by Gasteiger charge is 2.38. The molecule has 8 aromatic carbocycles. The summed E-state index contributed by atoms with van der Waals surface area (Å²) >= 11 is 0. The summed E-state index contributed by atoms with van der Waals surface area (Å²) in [6.45, 7) is 0. The summed E-state index contributed by atoms with van der Waals surface area (Å²) in [4.78, 5) is 10.4. The summed E-state index contributed by atoms with van der Waals surface area (Å²) in [6.07, 6.45) is 0. The first kappa shape index (κ1) is 40.1. The molecule has 65 heavy (non-hydrogen) atoms. The highest BCUT2D eigenvalue weighted by molar-refractivity contribution is 5.85. The van der Waals surface area contributed by atoms with Crippen molar-refractivity contribution in [3.63, 3.8) is 0 Å². The quantitative estimate of drug-likeness (QED) is 0.129. The molecule has 10 aromatic rings. The smallest absolute Gasteiger partial charge is 0.102 e. The first-order chi connectivity index (χ1) is 32.1. The van der Waals surface area contributed by atoms with E-state index < -0.39 is 5.41 Å². The maximum absolute atomic E-state index is 10.8. The van der Waals surface area contributed by atoms with Gasteiger partial charge in [-0.15, -0.1) is 0 Å². The third kappa shape index (κ3) is 7.57. The van der Waals surface area contributed by atoms with Crippen LogP contribution in [0.3, 0.4) is 0 Å². The molecule has 0 N–H and O–H groups in total. The number of rotatable bonds is 10. The molecule has 0 unspecified atom stereocenters. The minimum absolute atomic E-state index is 0.522. The van der Waals surface area contributed by atoms with Crippen molar-refractivity contribution < 1.29 is 0 Å². The van der Waals surface area contributed by atoms with E-state index in [1.807, 2.05) is 121 Å².